The Labute approximate surface area is 206 Å². The number of nitrogens with zero attached hydrogens (tertiary/aromatic N) is 5. The summed E-state index contributed by atoms with van der Waals surface area (Å²) in [6.07, 6.45) is 5.71. The van der Waals surface area contributed by atoms with E-state index < -0.39 is 5.91 Å². The standard InChI is InChI=1S/C25H36N8O2/c1-31(2)25(35)32(3)20-5-4-14-33(16-20)21-15-28-22(23(26)34)24(30-21)29-19-8-6-17(7-9-19)18-10-12-27-13-11-18/h6-9,15,18,20,27H,4-5,10-14,16H2,1-3H3,(H2,26,34)(H,29,30). The fraction of sp³-hybridized carbons (Fsp3) is 0.520. The maximum Gasteiger partial charge on any atom is 0.319 e. The average Bonchev–Trinajstić information content (AvgIpc) is 2.88. The summed E-state index contributed by atoms with van der Waals surface area (Å²) in [7, 11) is 5.34. The summed E-state index contributed by atoms with van der Waals surface area (Å²) in [4.78, 5) is 39.0. The summed E-state index contributed by atoms with van der Waals surface area (Å²) >= 11 is 0. The van der Waals surface area contributed by atoms with Gasteiger partial charge in [-0.25, -0.2) is 14.8 Å². The van der Waals surface area contributed by atoms with Crippen molar-refractivity contribution in [1.29, 1.82) is 0 Å². The highest BCUT2D eigenvalue weighted by Gasteiger charge is 2.28. The zero-order valence-corrected chi connectivity index (χ0v) is 20.8. The largest absolute Gasteiger partial charge is 0.364 e. The van der Waals surface area contributed by atoms with Crippen LogP contribution >= 0.6 is 0 Å². The molecule has 0 spiro atoms. The van der Waals surface area contributed by atoms with Gasteiger partial charge in [-0.1, -0.05) is 12.1 Å². The van der Waals surface area contributed by atoms with Gasteiger partial charge in [0.1, 0.15) is 5.82 Å². The molecule has 2 aromatic rings. The van der Waals surface area contributed by atoms with Gasteiger partial charge in [-0.2, -0.15) is 0 Å². The number of aromatic nitrogens is 2. The van der Waals surface area contributed by atoms with E-state index in [1.165, 1.54) is 5.56 Å². The molecule has 1 aromatic carbocycles. The molecule has 1 atom stereocenters. The summed E-state index contributed by atoms with van der Waals surface area (Å²) in [5.74, 6) is 0.925. The number of hydrogen-bond donors (Lipinski definition) is 3. The summed E-state index contributed by atoms with van der Waals surface area (Å²) in [6.45, 7) is 3.54. The molecule has 10 nitrogen and oxygen atoms in total. The number of nitrogens with two attached hydrogens (primary N) is 1. The molecule has 0 saturated carbocycles. The van der Waals surface area contributed by atoms with Crippen LogP contribution in [0.15, 0.2) is 30.5 Å². The third-order valence-corrected chi connectivity index (χ3v) is 6.93. The molecule has 2 fully saturated rings. The lowest BCUT2D eigenvalue weighted by Gasteiger charge is -2.39. The highest BCUT2D eigenvalue weighted by molar-refractivity contribution is 5.96. The summed E-state index contributed by atoms with van der Waals surface area (Å²) < 4.78 is 0. The Balaban J connectivity index is 1.51. The number of anilines is 3. The van der Waals surface area contributed by atoms with Crippen LogP contribution in [0.4, 0.5) is 22.1 Å². The first-order valence-corrected chi connectivity index (χ1v) is 12.3. The first-order chi connectivity index (χ1) is 16.8. The monoisotopic (exact) mass is 480 g/mol. The van der Waals surface area contributed by atoms with Gasteiger partial charge in [-0.15, -0.1) is 0 Å². The number of amides is 3. The van der Waals surface area contributed by atoms with Gasteiger partial charge in [-0.05, 0) is 62.4 Å². The molecule has 10 heteroatoms. The van der Waals surface area contributed by atoms with Crippen LogP contribution in [0.3, 0.4) is 0 Å². The molecule has 0 aliphatic carbocycles. The van der Waals surface area contributed by atoms with Crippen molar-refractivity contribution in [3.8, 4) is 0 Å². The van der Waals surface area contributed by atoms with Gasteiger partial charge in [-0.3, -0.25) is 4.79 Å². The van der Waals surface area contributed by atoms with Crippen LogP contribution < -0.4 is 21.3 Å². The summed E-state index contributed by atoms with van der Waals surface area (Å²) in [5, 5.41) is 6.65. The smallest absolute Gasteiger partial charge is 0.319 e. The van der Waals surface area contributed by atoms with Crippen molar-refractivity contribution in [3.63, 3.8) is 0 Å². The number of benzene rings is 1. The second kappa shape index (κ2) is 10.9. The third-order valence-electron chi connectivity index (χ3n) is 6.93. The van der Waals surface area contributed by atoms with E-state index in [0.29, 0.717) is 24.1 Å². The minimum Gasteiger partial charge on any atom is -0.364 e. The molecule has 2 aliphatic heterocycles. The Morgan fingerprint density at radius 3 is 2.49 bits per heavy atom. The van der Waals surface area contributed by atoms with Crippen LogP contribution in [-0.2, 0) is 0 Å². The second-order valence-corrected chi connectivity index (χ2v) is 9.59. The molecule has 188 valence electrons. The number of carbonyl (C=O) groups excluding carboxylic acids is 2. The number of carbonyl (C=O) groups is 2. The minimum absolute atomic E-state index is 0.0256. The number of likely N-dealkylation sites (N-methyl/N-ethyl adjacent to an activating group) is 1. The van der Waals surface area contributed by atoms with Gasteiger partial charge in [0.2, 0.25) is 0 Å². The number of piperidine rings is 2. The summed E-state index contributed by atoms with van der Waals surface area (Å²) in [6, 6.07) is 8.32. The Kier molecular flexibility index (Phi) is 7.70. The Hall–Kier alpha value is -3.40. The normalized spacial score (nSPS) is 18.7. The van der Waals surface area contributed by atoms with E-state index in [2.05, 4.69) is 32.7 Å². The Morgan fingerprint density at radius 1 is 1.11 bits per heavy atom. The molecule has 1 aromatic heterocycles. The molecule has 3 amide bonds. The number of hydrogen-bond acceptors (Lipinski definition) is 7. The molecule has 0 bridgehead atoms. The quantitative estimate of drug-likeness (QED) is 0.581. The van der Waals surface area contributed by atoms with E-state index in [4.69, 9.17) is 10.7 Å². The molecule has 2 aliphatic rings. The van der Waals surface area contributed by atoms with E-state index in [0.717, 1.165) is 51.0 Å². The SMILES string of the molecule is CN(C)C(=O)N(C)C1CCCN(c2cnc(C(N)=O)c(Nc3ccc(C4CCNCC4)cc3)n2)C1. The molecule has 4 rings (SSSR count). The summed E-state index contributed by atoms with van der Waals surface area (Å²) in [5.41, 5.74) is 7.84. The molecule has 3 heterocycles. The van der Waals surface area contributed by atoms with Crippen molar-refractivity contribution < 1.29 is 9.59 Å². The van der Waals surface area contributed by atoms with E-state index in [1.54, 1.807) is 30.1 Å². The molecule has 2 saturated heterocycles. The van der Waals surface area contributed by atoms with Gasteiger partial charge >= 0.3 is 6.03 Å². The lowest BCUT2D eigenvalue weighted by Crippen LogP contribution is -2.51. The number of primary amides is 1. The maximum atomic E-state index is 12.4. The topological polar surface area (TPSA) is 120 Å². The van der Waals surface area contributed by atoms with Gasteiger partial charge in [0.25, 0.3) is 5.91 Å². The van der Waals surface area contributed by atoms with E-state index >= 15 is 0 Å². The molecule has 0 radical (unpaired) electrons. The fourth-order valence-electron chi connectivity index (χ4n) is 4.88. The van der Waals surface area contributed by atoms with E-state index in [-0.39, 0.29) is 17.8 Å². The second-order valence-electron chi connectivity index (χ2n) is 9.59. The van der Waals surface area contributed by atoms with Crippen LogP contribution in [-0.4, -0.2) is 85.1 Å². The Morgan fingerprint density at radius 2 is 1.83 bits per heavy atom. The highest BCUT2D eigenvalue weighted by atomic mass is 16.2. The predicted octanol–water partition coefficient (Wildman–Crippen LogP) is 2.37. The van der Waals surface area contributed by atoms with Gasteiger partial charge < -0.3 is 31.1 Å². The lowest BCUT2D eigenvalue weighted by atomic mass is 9.90. The van der Waals surface area contributed by atoms with Crippen molar-refractivity contribution in [3.05, 3.63) is 41.7 Å². The fourth-order valence-corrected chi connectivity index (χ4v) is 4.88. The van der Waals surface area contributed by atoms with Gasteiger partial charge in [0, 0.05) is 39.9 Å². The predicted molar refractivity (Wildman–Crippen MR) is 137 cm³/mol. The average molecular weight is 481 g/mol. The maximum absolute atomic E-state index is 12.4. The molecular weight excluding hydrogens is 444 g/mol. The molecular formula is C25H36N8O2. The van der Waals surface area contributed by atoms with Crippen molar-refractivity contribution in [2.75, 3.05) is 57.5 Å². The van der Waals surface area contributed by atoms with Crippen molar-refractivity contribution in [2.45, 2.75) is 37.6 Å². The minimum atomic E-state index is -0.634. The van der Waals surface area contributed by atoms with Crippen LogP contribution in [0, 0.1) is 0 Å². The van der Waals surface area contributed by atoms with Gasteiger partial charge in [0.05, 0.1) is 12.2 Å². The number of urea groups is 1. The zero-order valence-electron chi connectivity index (χ0n) is 20.8. The van der Waals surface area contributed by atoms with Crippen molar-refractivity contribution in [2.24, 2.45) is 5.73 Å². The van der Waals surface area contributed by atoms with Crippen LogP contribution in [0.1, 0.15) is 47.7 Å². The first-order valence-electron chi connectivity index (χ1n) is 12.3. The molecule has 1 unspecified atom stereocenters. The first kappa shape index (κ1) is 24.7. The van der Waals surface area contributed by atoms with Crippen LogP contribution in [0.25, 0.3) is 0 Å². The number of rotatable bonds is 6. The van der Waals surface area contributed by atoms with Crippen molar-refractivity contribution >= 4 is 29.3 Å². The number of nitrogens with one attached hydrogen (secondary N) is 2. The molecule has 4 N–H and O–H groups in total. The van der Waals surface area contributed by atoms with Crippen LogP contribution in [0.5, 0.6) is 0 Å². The highest BCUT2D eigenvalue weighted by Crippen LogP contribution is 2.28. The molecule has 35 heavy (non-hydrogen) atoms. The zero-order chi connectivity index (χ0) is 24.9. The van der Waals surface area contributed by atoms with E-state index in [9.17, 15) is 9.59 Å². The van der Waals surface area contributed by atoms with E-state index in [1.807, 2.05) is 19.2 Å². The van der Waals surface area contributed by atoms with Crippen LogP contribution in [0.2, 0.25) is 0 Å². The lowest BCUT2D eigenvalue weighted by molar-refractivity contribution is 0.0996. The third kappa shape index (κ3) is 5.82. The Bertz CT molecular complexity index is 1040. The van der Waals surface area contributed by atoms with Gasteiger partial charge in [0.15, 0.2) is 11.5 Å². The van der Waals surface area contributed by atoms with Crippen molar-refractivity contribution in [1.82, 2.24) is 25.1 Å².